The molecule has 1 heterocycles. The molecule has 4 heteroatoms. The van der Waals surface area contributed by atoms with Crippen LogP contribution in [0.25, 0.3) is 0 Å². The van der Waals surface area contributed by atoms with Crippen LogP contribution in [0.2, 0.25) is 0 Å². The first-order chi connectivity index (χ1) is 5.22. The molecule has 0 spiro atoms. The van der Waals surface area contributed by atoms with E-state index in [0.717, 1.165) is 5.57 Å². The Morgan fingerprint density at radius 2 is 2.45 bits per heavy atom. The van der Waals surface area contributed by atoms with Crippen molar-refractivity contribution in [3.05, 3.63) is 17.4 Å². The average Bonchev–Trinajstić information content (AvgIpc) is 2.35. The maximum Gasteiger partial charge on any atom is 0.509 e. The topological polar surface area (TPSA) is 35.5 Å². The van der Waals surface area contributed by atoms with E-state index in [1.54, 1.807) is 0 Å². The zero-order valence-electron chi connectivity index (χ0n) is 6.37. The van der Waals surface area contributed by atoms with Crippen LogP contribution in [0.15, 0.2) is 11.6 Å². The summed E-state index contributed by atoms with van der Waals surface area (Å²) in [6.45, 7) is 1.95. The van der Waals surface area contributed by atoms with E-state index in [0.29, 0.717) is 0 Å². The van der Waals surface area contributed by atoms with E-state index in [-0.39, 0.29) is 5.44 Å². The van der Waals surface area contributed by atoms with Crippen LogP contribution in [0.1, 0.15) is 6.92 Å². The Bertz CT molecular complexity index is 188. The van der Waals surface area contributed by atoms with Crippen LogP contribution in [-0.4, -0.2) is 18.7 Å². The second-order valence-electron chi connectivity index (χ2n) is 2.10. The number of hydrogen-bond acceptors (Lipinski definition) is 4. The Morgan fingerprint density at radius 3 is 2.91 bits per heavy atom. The minimum Gasteiger partial charge on any atom is -0.438 e. The quantitative estimate of drug-likeness (QED) is 0.568. The Kier molecular flexibility index (Phi) is 2.82. The lowest BCUT2D eigenvalue weighted by Gasteiger charge is -2.06. The highest BCUT2D eigenvalue weighted by Crippen LogP contribution is 2.29. The summed E-state index contributed by atoms with van der Waals surface area (Å²) in [6.07, 6.45) is 1.23. The van der Waals surface area contributed by atoms with Crippen LogP contribution >= 0.6 is 11.8 Å². The Labute approximate surface area is 69.7 Å². The molecule has 0 aromatic carbocycles. The number of ether oxygens (including phenoxy) is 2. The van der Waals surface area contributed by atoms with Gasteiger partial charge in [-0.25, -0.2) is 4.79 Å². The summed E-state index contributed by atoms with van der Waals surface area (Å²) in [5.74, 6) is 1.94. The van der Waals surface area contributed by atoms with Crippen LogP contribution in [0.5, 0.6) is 0 Å². The summed E-state index contributed by atoms with van der Waals surface area (Å²) in [6, 6.07) is 0. The predicted molar refractivity (Wildman–Crippen MR) is 42.9 cm³/mol. The number of rotatable bonds is 1. The van der Waals surface area contributed by atoms with Crippen molar-refractivity contribution in [3.63, 3.8) is 0 Å². The predicted octanol–water partition coefficient (Wildman–Crippen LogP) is 1.95. The average molecular weight is 173 g/mol. The monoisotopic (exact) mass is 173 g/mol. The molecule has 11 heavy (non-hydrogen) atoms. The van der Waals surface area contributed by atoms with Gasteiger partial charge < -0.3 is 9.47 Å². The highest BCUT2D eigenvalue weighted by molar-refractivity contribution is 8.02. The van der Waals surface area contributed by atoms with Gasteiger partial charge in [-0.1, -0.05) is 5.57 Å². The molecule has 1 aliphatic heterocycles. The van der Waals surface area contributed by atoms with Crippen molar-refractivity contribution in [1.29, 1.82) is 0 Å². The molecule has 0 bridgehead atoms. The lowest BCUT2D eigenvalue weighted by Crippen LogP contribution is -2.10. The first kappa shape index (κ1) is 8.46. The maximum absolute atomic E-state index is 10.6. The van der Waals surface area contributed by atoms with Crippen LogP contribution in [0.3, 0.4) is 0 Å². The van der Waals surface area contributed by atoms with Gasteiger partial charge in [0.25, 0.3) is 0 Å². The first-order valence-electron chi connectivity index (χ1n) is 3.14. The smallest absolute Gasteiger partial charge is 0.438 e. The zero-order chi connectivity index (χ0) is 8.27. The molecule has 1 rings (SSSR count). The fraction of sp³-hybridized carbons (Fsp3) is 0.429. The second kappa shape index (κ2) is 3.67. The van der Waals surface area contributed by atoms with E-state index in [1.807, 2.05) is 18.8 Å². The van der Waals surface area contributed by atoms with Gasteiger partial charge in [0.1, 0.15) is 0 Å². The number of carbonyl (C=O) groups is 1. The van der Waals surface area contributed by atoms with E-state index >= 15 is 0 Å². The molecule has 0 aliphatic carbocycles. The summed E-state index contributed by atoms with van der Waals surface area (Å²) in [7, 11) is 1.29. The molecule has 0 amide bonds. The van der Waals surface area contributed by atoms with Crippen molar-refractivity contribution in [2.75, 3.05) is 7.11 Å². The van der Waals surface area contributed by atoms with E-state index in [4.69, 9.17) is 4.74 Å². The summed E-state index contributed by atoms with van der Waals surface area (Å²) in [4.78, 5) is 10.6. The summed E-state index contributed by atoms with van der Waals surface area (Å²) >= 11 is 1.45. The van der Waals surface area contributed by atoms with Crippen molar-refractivity contribution < 1.29 is 14.3 Å². The molecule has 1 atom stereocenters. The minimum absolute atomic E-state index is 0.206. The van der Waals surface area contributed by atoms with Crippen molar-refractivity contribution in [3.8, 4) is 0 Å². The van der Waals surface area contributed by atoms with Crippen molar-refractivity contribution in [1.82, 2.24) is 0 Å². The molecule has 0 saturated carbocycles. The van der Waals surface area contributed by atoms with E-state index in [2.05, 4.69) is 4.74 Å². The van der Waals surface area contributed by atoms with Crippen LogP contribution in [0.4, 0.5) is 4.79 Å². The molecule has 1 aliphatic rings. The summed E-state index contributed by atoms with van der Waals surface area (Å²) in [5.41, 5.74) is 0.909. The fourth-order valence-corrected chi connectivity index (χ4v) is 1.53. The van der Waals surface area contributed by atoms with Crippen molar-refractivity contribution in [2.45, 2.75) is 12.4 Å². The molecule has 0 aromatic rings. The van der Waals surface area contributed by atoms with Gasteiger partial charge in [-0.3, -0.25) is 0 Å². The van der Waals surface area contributed by atoms with Crippen molar-refractivity contribution >= 4 is 17.9 Å². The van der Waals surface area contributed by atoms with Gasteiger partial charge in [0.15, 0.2) is 5.44 Å². The van der Waals surface area contributed by atoms with E-state index in [9.17, 15) is 4.79 Å². The highest BCUT2D eigenvalue weighted by atomic mass is 32.2. The molecule has 0 fully saturated rings. The van der Waals surface area contributed by atoms with E-state index < -0.39 is 6.16 Å². The summed E-state index contributed by atoms with van der Waals surface area (Å²) < 4.78 is 9.15. The highest BCUT2D eigenvalue weighted by Gasteiger charge is 2.18. The molecule has 0 aromatic heterocycles. The van der Waals surface area contributed by atoms with Crippen LogP contribution in [-0.2, 0) is 9.47 Å². The normalized spacial score (nSPS) is 22.7. The number of thioether (sulfide) groups is 1. The van der Waals surface area contributed by atoms with Gasteiger partial charge in [-0.15, -0.1) is 11.8 Å². The zero-order valence-corrected chi connectivity index (χ0v) is 7.18. The van der Waals surface area contributed by atoms with Gasteiger partial charge in [0, 0.05) is 5.75 Å². The third kappa shape index (κ3) is 2.46. The Balaban J connectivity index is 2.34. The van der Waals surface area contributed by atoms with Gasteiger partial charge in [0.2, 0.25) is 0 Å². The fourth-order valence-electron chi connectivity index (χ4n) is 0.672. The standard InChI is InChI=1S/C7H9O3S/c1-5-3-6(11-4-5)10-7(8)9-2/h3-4,6H,1-2H3. The Hall–Kier alpha value is -0.640. The second-order valence-corrected chi connectivity index (χ2v) is 3.08. The van der Waals surface area contributed by atoms with Crippen molar-refractivity contribution in [2.24, 2.45) is 0 Å². The number of carbonyl (C=O) groups excluding carboxylic acids is 1. The molecule has 1 radical (unpaired) electrons. The Morgan fingerprint density at radius 1 is 1.73 bits per heavy atom. The SMILES string of the molecule is COC(=O)OC1C=C(C)[CH]S1. The summed E-state index contributed by atoms with van der Waals surface area (Å²) in [5, 5.41) is 0. The van der Waals surface area contributed by atoms with Crippen LogP contribution < -0.4 is 0 Å². The number of methoxy groups -OCH3 is 1. The molecule has 3 nitrogen and oxygen atoms in total. The molecular formula is C7H9O3S. The molecule has 61 valence electrons. The maximum atomic E-state index is 10.6. The third-order valence-electron chi connectivity index (χ3n) is 1.17. The van der Waals surface area contributed by atoms with Gasteiger partial charge >= 0.3 is 6.16 Å². The largest absolute Gasteiger partial charge is 0.509 e. The molecular weight excluding hydrogens is 164 g/mol. The lowest BCUT2D eigenvalue weighted by atomic mass is 10.3. The molecule has 0 N–H and O–H groups in total. The first-order valence-corrected chi connectivity index (χ1v) is 4.08. The van der Waals surface area contributed by atoms with Gasteiger partial charge in [-0.2, -0.15) is 0 Å². The lowest BCUT2D eigenvalue weighted by molar-refractivity contribution is 0.0746. The van der Waals surface area contributed by atoms with E-state index in [1.165, 1.54) is 18.9 Å². The van der Waals surface area contributed by atoms with Gasteiger partial charge in [0.05, 0.1) is 7.11 Å². The minimum atomic E-state index is -0.637. The number of hydrogen-bond donors (Lipinski definition) is 0. The third-order valence-corrected chi connectivity index (χ3v) is 2.17. The van der Waals surface area contributed by atoms with Crippen LogP contribution in [0, 0.1) is 5.75 Å². The molecule has 1 unspecified atom stereocenters. The van der Waals surface area contributed by atoms with Gasteiger partial charge in [-0.05, 0) is 13.0 Å². The molecule has 0 saturated heterocycles.